The van der Waals surface area contributed by atoms with Gasteiger partial charge in [-0.1, -0.05) is 18.2 Å². The van der Waals surface area contributed by atoms with E-state index in [1.54, 1.807) is 7.11 Å². The van der Waals surface area contributed by atoms with Crippen LogP contribution in [0.2, 0.25) is 0 Å². The van der Waals surface area contributed by atoms with Gasteiger partial charge in [0.2, 0.25) is 0 Å². The summed E-state index contributed by atoms with van der Waals surface area (Å²) in [6, 6.07) is 9.40. The summed E-state index contributed by atoms with van der Waals surface area (Å²) in [6.07, 6.45) is 0. The molecule has 2 aromatic rings. The van der Waals surface area contributed by atoms with Crippen LogP contribution in [0.5, 0.6) is 5.75 Å². The first-order chi connectivity index (χ1) is 9.61. The van der Waals surface area contributed by atoms with Crippen molar-refractivity contribution in [2.24, 2.45) is 0 Å². The molecular formula is C15H14F3NO. The Bertz CT molecular complexity index is 578. The highest BCUT2D eigenvalue weighted by Gasteiger charge is 2.10. The minimum Gasteiger partial charge on any atom is -0.496 e. The molecule has 20 heavy (non-hydrogen) atoms. The molecule has 0 unspecified atom stereocenters. The molecule has 106 valence electrons. The molecule has 2 nitrogen and oxygen atoms in total. The summed E-state index contributed by atoms with van der Waals surface area (Å²) in [5, 5.41) is 3.03. The Balaban J connectivity index is 1.99. The van der Waals surface area contributed by atoms with Crippen LogP contribution in [0.1, 0.15) is 11.1 Å². The molecule has 0 aliphatic carbocycles. The zero-order chi connectivity index (χ0) is 14.5. The van der Waals surface area contributed by atoms with Crippen LogP contribution in [0, 0.1) is 17.5 Å². The molecule has 0 aliphatic rings. The second-order valence-corrected chi connectivity index (χ2v) is 4.29. The molecule has 5 heteroatoms. The minimum atomic E-state index is -1.45. The molecule has 0 amide bonds. The van der Waals surface area contributed by atoms with Crippen molar-refractivity contribution in [3.63, 3.8) is 0 Å². The topological polar surface area (TPSA) is 21.3 Å². The Kier molecular flexibility index (Phi) is 4.63. The maximum Gasteiger partial charge on any atom is 0.194 e. The number of methoxy groups -OCH3 is 1. The lowest BCUT2D eigenvalue weighted by Crippen LogP contribution is -2.14. The molecule has 0 spiro atoms. The Morgan fingerprint density at radius 1 is 1.00 bits per heavy atom. The normalized spacial score (nSPS) is 10.6. The lowest BCUT2D eigenvalue weighted by Gasteiger charge is -2.09. The molecule has 0 fully saturated rings. The predicted octanol–water partition coefficient (Wildman–Crippen LogP) is 3.40. The van der Waals surface area contributed by atoms with Gasteiger partial charge in [0, 0.05) is 18.7 Å². The summed E-state index contributed by atoms with van der Waals surface area (Å²) < 4.78 is 44.1. The molecule has 2 rings (SSSR count). The van der Waals surface area contributed by atoms with Gasteiger partial charge in [-0.05, 0) is 23.8 Å². The monoisotopic (exact) mass is 281 g/mol. The maximum absolute atomic E-state index is 13.0. The van der Waals surface area contributed by atoms with Crippen molar-refractivity contribution in [2.45, 2.75) is 13.1 Å². The first-order valence-electron chi connectivity index (χ1n) is 6.08. The number of hydrogen-bond donors (Lipinski definition) is 1. The molecule has 0 radical (unpaired) electrons. The average molecular weight is 281 g/mol. The van der Waals surface area contributed by atoms with Gasteiger partial charge in [0.15, 0.2) is 17.5 Å². The first kappa shape index (κ1) is 14.4. The van der Waals surface area contributed by atoms with E-state index in [1.165, 1.54) is 0 Å². The van der Waals surface area contributed by atoms with Gasteiger partial charge in [0.05, 0.1) is 7.11 Å². The van der Waals surface area contributed by atoms with Crippen LogP contribution in [-0.4, -0.2) is 7.11 Å². The van der Waals surface area contributed by atoms with E-state index in [9.17, 15) is 13.2 Å². The molecule has 0 bridgehead atoms. The molecule has 0 heterocycles. The minimum absolute atomic E-state index is 0.228. The third-order valence-electron chi connectivity index (χ3n) is 2.88. The Hall–Kier alpha value is -2.01. The van der Waals surface area contributed by atoms with Gasteiger partial charge in [-0.2, -0.15) is 0 Å². The molecule has 0 saturated heterocycles. The van der Waals surface area contributed by atoms with E-state index in [2.05, 4.69) is 5.32 Å². The Labute approximate surface area is 115 Å². The summed E-state index contributed by atoms with van der Waals surface area (Å²) in [4.78, 5) is 0. The number of ether oxygens (including phenoxy) is 1. The first-order valence-corrected chi connectivity index (χ1v) is 6.08. The number of benzene rings is 2. The molecule has 0 aromatic heterocycles. The highest BCUT2D eigenvalue weighted by Crippen LogP contribution is 2.17. The third-order valence-corrected chi connectivity index (χ3v) is 2.88. The van der Waals surface area contributed by atoms with Crippen molar-refractivity contribution < 1.29 is 17.9 Å². The van der Waals surface area contributed by atoms with E-state index in [1.807, 2.05) is 24.3 Å². The van der Waals surface area contributed by atoms with Gasteiger partial charge >= 0.3 is 0 Å². The van der Waals surface area contributed by atoms with Gasteiger partial charge in [-0.15, -0.1) is 0 Å². The summed E-state index contributed by atoms with van der Waals surface area (Å²) >= 11 is 0. The van der Waals surface area contributed by atoms with Crippen LogP contribution in [0.4, 0.5) is 13.2 Å². The Morgan fingerprint density at radius 3 is 2.30 bits per heavy atom. The van der Waals surface area contributed by atoms with Crippen molar-refractivity contribution >= 4 is 0 Å². The Morgan fingerprint density at radius 2 is 1.65 bits per heavy atom. The number of rotatable bonds is 5. The third kappa shape index (κ3) is 3.30. The molecular weight excluding hydrogens is 267 g/mol. The quantitative estimate of drug-likeness (QED) is 0.848. The molecule has 1 N–H and O–H groups in total. The fourth-order valence-electron chi connectivity index (χ4n) is 1.90. The number of nitrogens with one attached hydrogen (secondary N) is 1. The second kappa shape index (κ2) is 6.43. The van der Waals surface area contributed by atoms with E-state index in [-0.39, 0.29) is 6.54 Å². The van der Waals surface area contributed by atoms with Gasteiger partial charge in [0.1, 0.15) is 5.75 Å². The summed E-state index contributed by atoms with van der Waals surface area (Å²) in [5.74, 6) is -3.08. The van der Waals surface area contributed by atoms with Crippen molar-refractivity contribution in [2.75, 3.05) is 7.11 Å². The van der Waals surface area contributed by atoms with Crippen molar-refractivity contribution in [1.29, 1.82) is 0 Å². The van der Waals surface area contributed by atoms with Crippen molar-refractivity contribution in [1.82, 2.24) is 5.32 Å². The highest BCUT2D eigenvalue weighted by atomic mass is 19.2. The number of hydrogen-bond acceptors (Lipinski definition) is 2. The average Bonchev–Trinajstić information content (AvgIpc) is 2.45. The van der Waals surface area contributed by atoms with Crippen molar-refractivity contribution in [3.05, 3.63) is 65.0 Å². The zero-order valence-corrected chi connectivity index (χ0v) is 10.9. The standard InChI is InChI=1S/C15H14F3NO/c1-20-14-5-3-2-4-11(14)9-19-8-10-6-12(16)15(18)13(17)7-10/h2-7,19H,8-9H2,1H3. The SMILES string of the molecule is COc1ccccc1CNCc1cc(F)c(F)c(F)c1. The smallest absolute Gasteiger partial charge is 0.194 e. The van der Waals surface area contributed by atoms with Crippen LogP contribution in [0.3, 0.4) is 0 Å². The van der Waals surface area contributed by atoms with E-state index in [4.69, 9.17) is 4.74 Å². The highest BCUT2D eigenvalue weighted by molar-refractivity contribution is 5.33. The summed E-state index contributed by atoms with van der Waals surface area (Å²) in [5.41, 5.74) is 1.27. The summed E-state index contributed by atoms with van der Waals surface area (Å²) in [6.45, 7) is 0.705. The van der Waals surface area contributed by atoms with Crippen LogP contribution < -0.4 is 10.1 Å². The van der Waals surface area contributed by atoms with Crippen LogP contribution in [0.15, 0.2) is 36.4 Å². The van der Waals surface area contributed by atoms with Crippen LogP contribution in [0.25, 0.3) is 0 Å². The number of halogens is 3. The maximum atomic E-state index is 13.0. The lowest BCUT2D eigenvalue weighted by atomic mass is 10.1. The lowest BCUT2D eigenvalue weighted by molar-refractivity contribution is 0.407. The van der Waals surface area contributed by atoms with Crippen molar-refractivity contribution in [3.8, 4) is 5.75 Å². The van der Waals surface area contributed by atoms with E-state index in [0.29, 0.717) is 12.1 Å². The largest absolute Gasteiger partial charge is 0.496 e. The molecule has 0 saturated carbocycles. The number of para-hydroxylation sites is 1. The fourth-order valence-corrected chi connectivity index (χ4v) is 1.90. The van der Waals surface area contributed by atoms with E-state index in [0.717, 1.165) is 23.4 Å². The van der Waals surface area contributed by atoms with Crippen LogP contribution in [-0.2, 0) is 13.1 Å². The van der Waals surface area contributed by atoms with Gasteiger partial charge in [-0.25, -0.2) is 13.2 Å². The van der Waals surface area contributed by atoms with E-state index < -0.39 is 17.5 Å². The fraction of sp³-hybridized carbons (Fsp3) is 0.200. The van der Waals surface area contributed by atoms with Gasteiger partial charge < -0.3 is 10.1 Å². The zero-order valence-electron chi connectivity index (χ0n) is 10.9. The predicted molar refractivity (Wildman–Crippen MR) is 69.9 cm³/mol. The second-order valence-electron chi connectivity index (χ2n) is 4.29. The summed E-state index contributed by atoms with van der Waals surface area (Å²) in [7, 11) is 1.57. The van der Waals surface area contributed by atoms with Gasteiger partial charge in [-0.3, -0.25) is 0 Å². The van der Waals surface area contributed by atoms with E-state index >= 15 is 0 Å². The molecule has 2 aromatic carbocycles. The molecule has 0 aliphatic heterocycles. The van der Waals surface area contributed by atoms with Gasteiger partial charge in [0.25, 0.3) is 0 Å². The molecule has 0 atom stereocenters. The van der Waals surface area contributed by atoms with Crippen LogP contribution >= 0.6 is 0 Å².